The molecule has 0 bridgehead atoms. The first kappa shape index (κ1) is 12.0. The van der Waals surface area contributed by atoms with Crippen LogP contribution in [-0.2, 0) is 6.54 Å². The van der Waals surface area contributed by atoms with Gasteiger partial charge in [-0.15, -0.1) is 0 Å². The quantitative estimate of drug-likeness (QED) is 0.850. The van der Waals surface area contributed by atoms with Gasteiger partial charge in [-0.05, 0) is 25.5 Å². The van der Waals surface area contributed by atoms with Gasteiger partial charge in [0.05, 0.1) is 12.6 Å². The van der Waals surface area contributed by atoms with Crippen molar-refractivity contribution in [2.45, 2.75) is 31.8 Å². The lowest BCUT2D eigenvalue weighted by molar-refractivity contribution is 0.130. The van der Waals surface area contributed by atoms with Crippen LogP contribution in [0.2, 0.25) is 0 Å². The molecule has 0 spiro atoms. The monoisotopic (exact) mass is 259 g/mol. The summed E-state index contributed by atoms with van der Waals surface area (Å²) in [6.45, 7) is 1.71. The van der Waals surface area contributed by atoms with E-state index < -0.39 is 0 Å². The second-order valence-electron chi connectivity index (χ2n) is 4.75. The Kier molecular flexibility index (Phi) is 3.37. The van der Waals surface area contributed by atoms with E-state index in [9.17, 15) is 0 Å². The summed E-state index contributed by atoms with van der Waals surface area (Å²) in [6, 6.07) is 1.97. The topological polar surface area (TPSA) is 96.6 Å². The zero-order valence-corrected chi connectivity index (χ0v) is 10.7. The Morgan fingerprint density at radius 3 is 3.11 bits per heavy atom. The minimum Gasteiger partial charge on any atom is -0.384 e. The SMILES string of the molecule is Nc1ccnc(CN2CCCC[C@H]2c2ncn[nH]2)n1. The molecule has 7 heteroatoms. The molecule has 3 N–H and O–H groups in total. The predicted molar refractivity (Wildman–Crippen MR) is 69.8 cm³/mol. The van der Waals surface area contributed by atoms with Gasteiger partial charge in [-0.3, -0.25) is 10.00 Å². The van der Waals surface area contributed by atoms with Crippen molar-refractivity contribution in [3.63, 3.8) is 0 Å². The van der Waals surface area contributed by atoms with E-state index in [1.54, 1.807) is 18.6 Å². The van der Waals surface area contributed by atoms with E-state index in [0.717, 1.165) is 24.6 Å². The van der Waals surface area contributed by atoms with Crippen LogP contribution in [0.3, 0.4) is 0 Å². The van der Waals surface area contributed by atoms with Crippen molar-refractivity contribution in [1.29, 1.82) is 0 Å². The van der Waals surface area contributed by atoms with E-state index >= 15 is 0 Å². The largest absolute Gasteiger partial charge is 0.384 e. The summed E-state index contributed by atoms with van der Waals surface area (Å²) in [5.41, 5.74) is 5.69. The molecule has 3 heterocycles. The first-order valence-corrected chi connectivity index (χ1v) is 6.49. The maximum atomic E-state index is 5.69. The van der Waals surface area contributed by atoms with Gasteiger partial charge in [-0.1, -0.05) is 6.42 Å². The Labute approximate surface area is 111 Å². The van der Waals surface area contributed by atoms with Crippen LogP contribution in [0, 0.1) is 0 Å². The lowest BCUT2D eigenvalue weighted by Crippen LogP contribution is -2.34. The Balaban J connectivity index is 1.77. The van der Waals surface area contributed by atoms with Crippen LogP contribution in [0.5, 0.6) is 0 Å². The van der Waals surface area contributed by atoms with Gasteiger partial charge >= 0.3 is 0 Å². The van der Waals surface area contributed by atoms with Crippen LogP contribution in [-0.4, -0.2) is 36.6 Å². The molecule has 1 aliphatic rings. The summed E-state index contributed by atoms with van der Waals surface area (Å²) < 4.78 is 0. The van der Waals surface area contributed by atoms with Crippen LogP contribution in [0.1, 0.15) is 37.0 Å². The van der Waals surface area contributed by atoms with Gasteiger partial charge in [-0.2, -0.15) is 5.10 Å². The van der Waals surface area contributed by atoms with Crippen molar-refractivity contribution in [2.24, 2.45) is 0 Å². The highest BCUT2D eigenvalue weighted by atomic mass is 15.3. The highest BCUT2D eigenvalue weighted by Crippen LogP contribution is 2.29. The Hall–Kier alpha value is -2.02. The van der Waals surface area contributed by atoms with Gasteiger partial charge in [0.15, 0.2) is 0 Å². The number of anilines is 1. The van der Waals surface area contributed by atoms with Crippen molar-refractivity contribution >= 4 is 5.82 Å². The normalized spacial score (nSPS) is 20.5. The van der Waals surface area contributed by atoms with Crippen LogP contribution in [0.15, 0.2) is 18.6 Å². The lowest BCUT2D eigenvalue weighted by Gasteiger charge is -2.33. The number of aromatic nitrogens is 5. The third-order valence-corrected chi connectivity index (χ3v) is 3.43. The number of piperidine rings is 1. The van der Waals surface area contributed by atoms with Crippen LogP contribution in [0.4, 0.5) is 5.82 Å². The summed E-state index contributed by atoms with van der Waals surface area (Å²) in [5.74, 6) is 2.19. The maximum Gasteiger partial charge on any atom is 0.144 e. The van der Waals surface area contributed by atoms with Gasteiger partial charge in [0, 0.05) is 6.20 Å². The number of nitrogens with zero attached hydrogens (tertiary/aromatic N) is 5. The number of hydrogen-bond acceptors (Lipinski definition) is 6. The van der Waals surface area contributed by atoms with Crippen LogP contribution in [0.25, 0.3) is 0 Å². The highest BCUT2D eigenvalue weighted by Gasteiger charge is 2.26. The van der Waals surface area contributed by atoms with E-state index in [4.69, 9.17) is 5.73 Å². The zero-order valence-electron chi connectivity index (χ0n) is 10.7. The number of hydrogen-bond donors (Lipinski definition) is 2. The van der Waals surface area contributed by atoms with E-state index in [0.29, 0.717) is 12.4 Å². The lowest BCUT2D eigenvalue weighted by atomic mass is 10.0. The summed E-state index contributed by atoms with van der Waals surface area (Å²) in [6.07, 6.45) is 6.73. The highest BCUT2D eigenvalue weighted by molar-refractivity contribution is 5.25. The molecule has 19 heavy (non-hydrogen) atoms. The van der Waals surface area contributed by atoms with E-state index in [1.165, 1.54) is 12.8 Å². The minimum absolute atomic E-state index is 0.265. The molecular weight excluding hydrogens is 242 g/mol. The Bertz CT molecular complexity index is 525. The van der Waals surface area contributed by atoms with Gasteiger partial charge in [0.1, 0.15) is 23.8 Å². The van der Waals surface area contributed by atoms with E-state index in [2.05, 4.69) is 30.0 Å². The van der Waals surface area contributed by atoms with Gasteiger partial charge in [-0.25, -0.2) is 15.0 Å². The van der Waals surface area contributed by atoms with Gasteiger partial charge in [0.2, 0.25) is 0 Å². The average Bonchev–Trinajstić information content (AvgIpc) is 2.93. The number of nitrogens with two attached hydrogens (primary N) is 1. The Morgan fingerprint density at radius 1 is 1.37 bits per heavy atom. The number of nitrogens with one attached hydrogen (secondary N) is 1. The van der Waals surface area contributed by atoms with Crippen LogP contribution < -0.4 is 5.73 Å². The number of nitrogen functional groups attached to an aromatic ring is 1. The molecule has 3 rings (SSSR count). The molecule has 1 saturated heterocycles. The fraction of sp³-hybridized carbons (Fsp3) is 0.500. The van der Waals surface area contributed by atoms with Crippen molar-refractivity contribution in [2.75, 3.05) is 12.3 Å². The molecule has 0 aliphatic carbocycles. The second kappa shape index (κ2) is 5.31. The smallest absolute Gasteiger partial charge is 0.144 e. The molecule has 7 nitrogen and oxygen atoms in total. The molecule has 0 amide bonds. The minimum atomic E-state index is 0.265. The summed E-state index contributed by atoms with van der Waals surface area (Å²) in [4.78, 5) is 15.1. The predicted octanol–water partition coefficient (Wildman–Crippen LogP) is 0.904. The van der Waals surface area contributed by atoms with Crippen molar-refractivity contribution in [3.05, 3.63) is 30.2 Å². The molecule has 1 atom stereocenters. The number of likely N-dealkylation sites (tertiary alicyclic amines) is 1. The zero-order chi connectivity index (χ0) is 13.1. The molecule has 100 valence electrons. The number of H-pyrrole nitrogens is 1. The maximum absolute atomic E-state index is 5.69. The Morgan fingerprint density at radius 2 is 2.32 bits per heavy atom. The first-order chi connectivity index (χ1) is 9.33. The summed E-state index contributed by atoms with van der Waals surface area (Å²) in [5, 5.41) is 6.90. The molecule has 1 aliphatic heterocycles. The van der Waals surface area contributed by atoms with Gasteiger partial charge < -0.3 is 5.73 Å². The molecule has 0 unspecified atom stereocenters. The molecule has 0 radical (unpaired) electrons. The van der Waals surface area contributed by atoms with Crippen LogP contribution >= 0.6 is 0 Å². The third kappa shape index (κ3) is 2.70. The molecule has 2 aromatic rings. The van der Waals surface area contributed by atoms with Crippen molar-refractivity contribution < 1.29 is 0 Å². The summed E-state index contributed by atoms with van der Waals surface area (Å²) in [7, 11) is 0. The fourth-order valence-corrected chi connectivity index (χ4v) is 2.54. The third-order valence-electron chi connectivity index (χ3n) is 3.43. The molecule has 0 saturated carbocycles. The summed E-state index contributed by atoms with van der Waals surface area (Å²) >= 11 is 0. The first-order valence-electron chi connectivity index (χ1n) is 6.49. The average molecular weight is 259 g/mol. The second-order valence-corrected chi connectivity index (χ2v) is 4.75. The van der Waals surface area contributed by atoms with E-state index in [1.807, 2.05) is 0 Å². The van der Waals surface area contributed by atoms with Gasteiger partial charge in [0.25, 0.3) is 0 Å². The number of aromatic amines is 1. The molecule has 1 fully saturated rings. The van der Waals surface area contributed by atoms with E-state index in [-0.39, 0.29) is 6.04 Å². The van der Waals surface area contributed by atoms with Crippen molar-refractivity contribution in [3.8, 4) is 0 Å². The molecule has 2 aromatic heterocycles. The van der Waals surface area contributed by atoms with Crippen molar-refractivity contribution in [1.82, 2.24) is 30.0 Å². The standard InChI is InChI=1S/C12H17N7/c13-10-4-5-14-11(17-10)7-19-6-2-1-3-9(19)12-15-8-16-18-12/h4-5,8-9H,1-3,6-7H2,(H2,13,14,17)(H,15,16,18)/t9-/m0/s1. The number of rotatable bonds is 3. The fourth-order valence-electron chi connectivity index (χ4n) is 2.54. The molecule has 0 aromatic carbocycles. The molecular formula is C12H17N7.